The fourth-order valence-corrected chi connectivity index (χ4v) is 6.12. The normalized spacial score (nSPS) is 12.0. The first kappa shape index (κ1) is 22.8. The van der Waals surface area contributed by atoms with Gasteiger partial charge >= 0.3 is 0 Å². The Morgan fingerprint density at radius 3 is 1.60 bits per heavy atom. The number of nitrogens with zero attached hydrogens (tertiary/aromatic N) is 5. The summed E-state index contributed by atoms with van der Waals surface area (Å²) in [4.78, 5) is 20.5. The van der Waals surface area contributed by atoms with E-state index in [4.69, 9.17) is 0 Å². The van der Waals surface area contributed by atoms with E-state index in [2.05, 4.69) is 111 Å². The first-order valence-electron chi connectivity index (χ1n) is 13.6. The van der Waals surface area contributed by atoms with Gasteiger partial charge in [0.05, 0.1) is 27.8 Å². The van der Waals surface area contributed by atoms with Crippen molar-refractivity contribution in [2.75, 3.05) is 4.90 Å². The minimum atomic E-state index is 0.443. The molecule has 0 saturated heterocycles. The van der Waals surface area contributed by atoms with Crippen LogP contribution < -0.4 is 4.90 Å². The molecule has 0 aliphatic rings. The first-order chi connectivity index (χ1) is 19.7. The first-order valence-corrected chi connectivity index (χ1v) is 13.6. The standard InChI is InChI=1S/C35H25N5/c1-21(2)26-9-3-22-5-11-28-33(14-6-23-4-10-27(26)34(22)35(23)28)40(24-7-12-29-31(19-24)38-17-15-36-29)25-8-13-30-32(20-25)39-18-16-37-30/h3-21H,1-2H3. The van der Waals surface area contributed by atoms with Crippen molar-refractivity contribution in [3.05, 3.63) is 115 Å². The summed E-state index contributed by atoms with van der Waals surface area (Å²) in [5.41, 5.74) is 7.94. The van der Waals surface area contributed by atoms with Crippen molar-refractivity contribution in [2.24, 2.45) is 0 Å². The fourth-order valence-electron chi connectivity index (χ4n) is 6.12. The molecule has 2 heterocycles. The molecule has 0 aliphatic carbocycles. The van der Waals surface area contributed by atoms with Crippen LogP contribution in [0.5, 0.6) is 0 Å². The third-order valence-corrected chi connectivity index (χ3v) is 7.96. The van der Waals surface area contributed by atoms with Gasteiger partial charge in [-0.1, -0.05) is 56.3 Å². The van der Waals surface area contributed by atoms with Crippen LogP contribution in [0.4, 0.5) is 17.1 Å². The maximum atomic E-state index is 4.61. The molecule has 2 aromatic heterocycles. The number of fused-ring (bicyclic) bond motifs is 2. The van der Waals surface area contributed by atoms with Gasteiger partial charge in [0, 0.05) is 41.5 Å². The molecule has 40 heavy (non-hydrogen) atoms. The summed E-state index contributed by atoms with van der Waals surface area (Å²) in [6, 6.07) is 30.6. The highest BCUT2D eigenvalue weighted by Crippen LogP contribution is 2.45. The Morgan fingerprint density at radius 1 is 0.500 bits per heavy atom. The SMILES string of the molecule is CC(C)c1ccc2ccc3c(N(c4ccc5nccnc5c4)c4ccc5nccnc5c4)ccc4ccc1c2c43. The number of benzene rings is 6. The van der Waals surface area contributed by atoms with Crippen molar-refractivity contribution < 1.29 is 0 Å². The van der Waals surface area contributed by atoms with Gasteiger partial charge in [-0.15, -0.1) is 0 Å². The topological polar surface area (TPSA) is 54.8 Å². The number of aromatic nitrogens is 4. The second kappa shape index (κ2) is 8.68. The molecule has 5 nitrogen and oxygen atoms in total. The zero-order valence-electron chi connectivity index (χ0n) is 22.2. The van der Waals surface area contributed by atoms with Gasteiger partial charge in [0.15, 0.2) is 0 Å². The van der Waals surface area contributed by atoms with Gasteiger partial charge in [-0.3, -0.25) is 19.9 Å². The molecule has 190 valence electrons. The molecule has 6 aromatic carbocycles. The average molecular weight is 516 g/mol. The molecule has 0 aliphatic heterocycles. The summed E-state index contributed by atoms with van der Waals surface area (Å²) in [5.74, 6) is 0.443. The predicted octanol–water partition coefficient (Wildman–Crippen LogP) is 9.06. The molecule has 5 heteroatoms. The molecule has 0 N–H and O–H groups in total. The number of hydrogen-bond donors (Lipinski definition) is 0. The molecule has 0 unspecified atom stereocenters. The maximum absolute atomic E-state index is 4.61. The molecule has 8 rings (SSSR count). The number of anilines is 3. The van der Waals surface area contributed by atoms with E-state index in [9.17, 15) is 0 Å². The van der Waals surface area contributed by atoms with E-state index in [0.717, 1.165) is 39.1 Å². The second-order valence-electron chi connectivity index (χ2n) is 10.6. The highest BCUT2D eigenvalue weighted by molar-refractivity contribution is 6.26. The minimum Gasteiger partial charge on any atom is -0.310 e. The summed E-state index contributed by atoms with van der Waals surface area (Å²) < 4.78 is 0. The molecule has 0 spiro atoms. The molecule has 0 fully saturated rings. The average Bonchev–Trinajstić information content (AvgIpc) is 3.00. The van der Waals surface area contributed by atoms with Crippen LogP contribution in [0.1, 0.15) is 25.3 Å². The molecule has 0 amide bonds. The van der Waals surface area contributed by atoms with Crippen molar-refractivity contribution in [1.29, 1.82) is 0 Å². The van der Waals surface area contributed by atoms with E-state index < -0.39 is 0 Å². The molecule has 0 bridgehead atoms. The summed E-state index contributed by atoms with van der Waals surface area (Å²) in [6.45, 7) is 4.54. The van der Waals surface area contributed by atoms with Crippen LogP contribution in [-0.2, 0) is 0 Å². The molecular weight excluding hydrogens is 490 g/mol. The minimum absolute atomic E-state index is 0.443. The second-order valence-corrected chi connectivity index (χ2v) is 10.6. The van der Waals surface area contributed by atoms with Crippen molar-refractivity contribution >= 4 is 71.4 Å². The van der Waals surface area contributed by atoms with Crippen LogP contribution in [0.15, 0.2) is 110 Å². The summed E-state index contributed by atoms with van der Waals surface area (Å²) in [7, 11) is 0. The van der Waals surface area contributed by atoms with E-state index >= 15 is 0 Å². The van der Waals surface area contributed by atoms with Crippen molar-refractivity contribution in [3.63, 3.8) is 0 Å². The highest BCUT2D eigenvalue weighted by atomic mass is 15.1. The van der Waals surface area contributed by atoms with Crippen LogP contribution >= 0.6 is 0 Å². The zero-order chi connectivity index (χ0) is 26.8. The van der Waals surface area contributed by atoms with Crippen molar-refractivity contribution in [2.45, 2.75) is 19.8 Å². The maximum Gasteiger partial charge on any atom is 0.0907 e. The van der Waals surface area contributed by atoms with Crippen LogP contribution in [0.25, 0.3) is 54.4 Å². The van der Waals surface area contributed by atoms with E-state index in [-0.39, 0.29) is 0 Å². The third kappa shape index (κ3) is 3.41. The van der Waals surface area contributed by atoms with Crippen LogP contribution in [0.3, 0.4) is 0 Å². The quantitative estimate of drug-likeness (QED) is 0.219. The Bertz CT molecular complexity index is 2140. The molecule has 0 atom stereocenters. The van der Waals surface area contributed by atoms with E-state index in [0.29, 0.717) is 5.92 Å². The van der Waals surface area contributed by atoms with Gasteiger partial charge < -0.3 is 4.90 Å². The van der Waals surface area contributed by atoms with Gasteiger partial charge in [0.25, 0.3) is 0 Å². The van der Waals surface area contributed by atoms with Crippen molar-refractivity contribution in [1.82, 2.24) is 19.9 Å². The predicted molar refractivity (Wildman–Crippen MR) is 165 cm³/mol. The van der Waals surface area contributed by atoms with Gasteiger partial charge in [0.1, 0.15) is 0 Å². The van der Waals surface area contributed by atoms with Crippen molar-refractivity contribution in [3.8, 4) is 0 Å². The zero-order valence-corrected chi connectivity index (χ0v) is 22.2. The Labute approximate surface area is 231 Å². The lowest BCUT2D eigenvalue weighted by Crippen LogP contribution is -2.11. The molecule has 8 aromatic rings. The Morgan fingerprint density at radius 2 is 1.00 bits per heavy atom. The third-order valence-electron chi connectivity index (χ3n) is 7.96. The molecule has 0 radical (unpaired) electrons. The lowest BCUT2D eigenvalue weighted by Gasteiger charge is -2.28. The summed E-state index contributed by atoms with van der Waals surface area (Å²) >= 11 is 0. The van der Waals surface area contributed by atoms with E-state index in [1.165, 1.54) is 37.9 Å². The molecule has 0 saturated carbocycles. The Kier molecular flexibility index (Phi) is 4.95. The van der Waals surface area contributed by atoms with Gasteiger partial charge in [-0.05, 0) is 80.9 Å². The highest BCUT2D eigenvalue weighted by Gasteiger charge is 2.20. The lowest BCUT2D eigenvalue weighted by molar-refractivity contribution is 0.877. The monoisotopic (exact) mass is 515 g/mol. The lowest BCUT2D eigenvalue weighted by atomic mass is 9.88. The van der Waals surface area contributed by atoms with E-state index in [1.54, 1.807) is 24.8 Å². The van der Waals surface area contributed by atoms with Gasteiger partial charge in [0.2, 0.25) is 0 Å². The largest absolute Gasteiger partial charge is 0.310 e. The van der Waals surface area contributed by atoms with Crippen LogP contribution in [0.2, 0.25) is 0 Å². The molecular formula is C35H25N5. The summed E-state index contributed by atoms with van der Waals surface area (Å²) in [6.07, 6.45) is 6.94. The van der Waals surface area contributed by atoms with Crippen LogP contribution in [0, 0.1) is 0 Å². The van der Waals surface area contributed by atoms with Gasteiger partial charge in [-0.25, -0.2) is 0 Å². The van der Waals surface area contributed by atoms with Gasteiger partial charge in [-0.2, -0.15) is 0 Å². The Balaban J connectivity index is 1.46. The Hall–Kier alpha value is -5.16. The van der Waals surface area contributed by atoms with E-state index in [1.807, 2.05) is 12.1 Å². The number of hydrogen-bond acceptors (Lipinski definition) is 5. The fraction of sp³-hybridized carbons (Fsp3) is 0.0857. The number of rotatable bonds is 4. The summed E-state index contributed by atoms with van der Waals surface area (Å²) in [5, 5.41) is 7.67. The smallest absolute Gasteiger partial charge is 0.0907 e. The van der Waals surface area contributed by atoms with Crippen LogP contribution in [-0.4, -0.2) is 19.9 Å².